The molecule has 1 atom stereocenters. The molecule has 7 nitrogen and oxygen atoms in total. The molecular weight excluding hydrogens is 262 g/mol. The van der Waals surface area contributed by atoms with Crippen molar-refractivity contribution in [3.63, 3.8) is 0 Å². The van der Waals surface area contributed by atoms with Crippen molar-refractivity contribution in [1.82, 2.24) is 9.78 Å². The first-order chi connectivity index (χ1) is 9.54. The van der Waals surface area contributed by atoms with E-state index in [1.54, 1.807) is 0 Å². The first kappa shape index (κ1) is 13.7. The molecule has 0 radical (unpaired) electrons. The van der Waals surface area contributed by atoms with E-state index in [-0.39, 0.29) is 17.4 Å². The van der Waals surface area contributed by atoms with E-state index < -0.39 is 10.9 Å². The van der Waals surface area contributed by atoms with Crippen LogP contribution in [0.15, 0.2) is 36.5 Å². The summed E-state index contributed by atoms with van der Waals surface area (Å²) >= 11 is 0. The van der Waals surface area contributed by atoms with Crippen molar-refractivity contribution in [3.05, 3.63) is 57.9 Å². The zero-order chi connectivity index (χ0) is 14.7. The second-order valence-electron chi connectivity index (χ2n) is 4.18. The Morgan fingerprint density at radius 2 is 2.05 bits per heavy atom. The first-order valence-electron chi connectivity index (χ1n) is 5.91. The van der Waals surface area contributed by atoms with Gasteiger partial charge in [0.25, 0.3) is 0 Å². The molecule has 1 aromatic carbocycles. The van der Waals surface area contributed by atoms with Gasteiger partial charge in [0.15, 0.2) is 0 Å². The molecule has 0 bridgehead atoms. The van der Waals surface area contributed by atoms with Crippen molar-refractivity contribution in [2.24, 2.45) is 0 Å². The van der Waals surface area contributed by atoms with E-state index in [0.29, 0.717) is 0 Å². The van der Waals surface area contributed by atoms with E-state index in [1.807, 2.05) is 37.3 Å². The molecule has 2 aromatic rings. The number of nitrogens with zero attached hydrogens (tertiary/aromatic N) is 3. The van der Waals surface area contributed by atoms with Gasteiger partial charge in [-0.2, -0.15) is 5.10 Å². The van der Waals surface area contributed by atoms with Gasteiger partial charge in [0, 0.05) is 0 Å². The molecule has 0 aliphatic heterocycles. The van der Waals surface area contributed by atoms with E-state index in [4.69, 9.17) is 0 Å². The van der Waals surface area contributed by atoms with E-state index >= 15 is 0 Å². The molecule has 1 aromatic heterocycles. The minimum atomic E-state index is -0.823. The standard InChI is InChI=1S/C13H13N3O4/c1-9(10-6-4-3-5-7-10)15-8-11(16(18)19)12(14-15)13(17)20-2/h3-9H,1-2H3. The summed E-state index contributed by atoms with van der Waals surface area (Å²) in [6.45, 7) is 1.84. The van der Waals surface area contributed by atoms with Crippen molar-refractivity contribution in [3.8, 4) is 0 Å². The van der Waals surface area contributed by atoms with Gasteiger partial charge >= 0.3 is 11.7 Å². The van der Waals surface area contributed by atoms with Crippen LogP contribution < -0.4 is 0 Å². The number of benzene rings is 1. The molecule has 0 saturated heterocycles. The maximum atomic E-state index is 11.5. The molecule has 0 N–H and O–H groups in total. The molecule has 1 unspecified atom stereocenters. The average molecular weight is 275 g/mol. The Labute approximate surface area is 114 Å². The van der Waals surface area contributed by atoms with Gasteiger partial charge in [-0.15, -0.1) is 0 Å². The minimum absolute atomic E-state index is 0.228. The van der Waals surface area contributed by atoms with Crippen molar-refractivity contribution < 1.29 is 14.5 Å². The Morgan fingerprint density at radius 1 is 1.40 bits per heavy atom. The summed E-state index contributed by atoms with van der Waals surface area (Å²) in [7, 11) is 1.16. The second-order valence-corrected chi connectivity index (χ2v) is 4.18. The predicted octanol–water partition coefficient (Wildman–Crippen LogP) is 2.19. The zero-order valence-electron chi connectivity index (χ0n) is 11.0. The van der Waals surface area contributed by atoms with E-state index in [9.17, 15) is 14.9 Å². The van der Waals surface area contributed by atoms with Crippen molar-refractivity contribution >= 4 is 11.7 Å². The highest BCUT2D eigenvalue weighted by atomic mass is 16.6. The number of methoxy groups -OCH3 is 1. The lowest BCUT2D eigenvalue weighted by atomic mass is 10.1. The van der Waals surface area contributed by atoms with Crippen LogP contribution in [0, 0.1) is 10.1 Å². The number of nitro groups is 1. The quantitative estimate of drug-likeness (QED) is 0.485. The van der Waals surface area contributed by atoms with Gasteiger partial charge in [0.2, 0.25) is 5.69 Å². The summed E-state index contributed by atoms with van der Waals surface area (Å²) in [5.74, 6) is -0.823. The van der Waals surface area contributed by atoms with Gasteiger partial charge < -0.3 is 4.74 Å². The van der Waals surface area contributed by atoms with Crippen LogP contribution >= 0.6 is 0 Å². The molecule has 1 heterocycles. The number of ether oxygens (including phenoxy) is 1. The zero-order valence-corrected chi connectivity index (χ0v) is 11.0. The van der Waals surface area contributed by atoms with Crippen LogP contribution in [0.1, 0.15) is 29.0 Å². The van der Waals surface area contributed by atoms with Gasteiger partial charge in [-0.3, -0.25) is 14.8 Å². The summed E-state index contributed by atoms with van der Waals surface area (Å²) in [6, 6.07) is 9.15. The maximum Gasteiger partial charge on any atom is 0.365 e. The number of carbonyl (C=O) groups excluding carboxylic acids is 1. The van der Waals surface area contributed by atoms with Gasteiger partial charge in [0.05, 0.1) is 18.1 Å². The van der Waals surface area contributed by atoms with Crippen molar-refractivity contribution in [1.29, 1.82) is 0 Å². The number of hydrogen-bond donors (Lipinski definition) is 0. The smallest absolute Gasteiger partial charge is 0.365 e. The number of aromatic nitrogens is 2. The highest BCUT2D eigenvalue weighted by Gasteiger charge is 2.27. The molecule has 20 heavy (non-hydrogen) atoms. The minimum Gasteiger partial charge on any atom is -0.464 e. The highest BCUT2D eigenvalue weighted by Crippen LogP contribution is 2.23. The van der Waals surface area contributed by atoms with E-state index in [2.05, 4.69) is 9.84 Å². The van der Waals surface area contributed by atoms with Crippen LogP contribution in [0.5, 0.6) is 0 Å². The predicted molar refractivity (Wildman–Crippen MR) is 70.5 cm³/mol. The van der Waals surface area contributed by atoms with Crippen LogP contribution in [0.3, 0.4) is 0 Å². The van der Waals surface area contributed by atoms with Crippen LogP contribution in [0.2, 0.25) is 0 Å². The lowest BCUT2D eigenvalue weighted by Crippen LogP contribution is -2.10. The molecule has 0 saturated carbocycles. The third kappa shape index (κ3) is 2.51. The van der Waals surface area contributed by atoms with Crippen LogP contribution in [-0.2, 0) is 4.74 Å². The van der Waals surface area contributed by atoms with Gasteiger partial charge in [-0.1, -0.05) is 30.3 Å². The van der Waals surface area contributed by atoms with Gasteiger partial charge in [-0.25, -0.2) is 4.79 Å². The summed E-state index contributed by atoms with van der Waals surface area (Å²) in [5.41, 5.74) is 0.279. The lowest BCUT2D eigenvalue weighted by Gasteiger charge is -2.11. The topological polar surface area (TPSA) is 87.3 Å². The Kier molecular flexibility index (Phi) is 3.79. The fourth-order valence-corrected chi connectivity index (χ4v) is 1.84. The summed E-state index contributed by atoms with van der Waals surface area (Å²) < 4.78 is 5.90. The monoisotopic (exact) mass is 275 g/mol. The molecule has 104 valence electrons. The van der Waals surface area contributed by atoms with Crippen LogP contribution in [0.4, 0.5) is 5.69 Å². The molecule has 0 amide bonds. The second kappa shape index (κ2) is 5.52. The molecule has 2 rings (SSSR count). The molecular formula is C13H13N3O4. The number of esters is 1. The fourth-order valence-electron chi connectivity index (χ4n) is 1.84. The normalized spacial score (nSPS) is 11.9. The van der Waals surface area contributed by atoms with Crippen LogP contribution in [-0.4, -0.2) is 27.8 Å². The van der Waals surface area contributed by atoms with E-state index in [1.165, 1.54) is 10.9 Å². The molecule has 0 spiro atoms. The van der Waals surface area contributed by atoms with Crippen LogP contribution in [0.25, 0.3) is 0 Å². The Bertz CT molecular complexity index is 636. The van der Waals surface area contributed by atoms with Crippen molar-refractivity contribution in [2.45, 2.75) is 13.0 Å². The largest absolute Gasteiger partial charge is 0.464 e. The average Bonchev–Trinajstić information content (AvgIpc) is 2.92. The maximum absolute atomic E-state index is 11.5. The summed E-state index contributed by atoms with van der Waals surface area (Å²) in [4.78, 5) is 21.8. The van der Waals surface area contributed by atoms with E-state index in [0.717, 1.165) is 12.7 Å². The summed E-state index contributed by atoms with van der Waals surface area (Å²) in [5, 5.41) is 14.9. The Morgan fingerprint density at radius 3 is 2.60 bits per heavy atom. The lowest BCUT2D eigenvalue weighted by molar-refractivity contribution is -0.385. The van der Waals surface area contributed by atoms with Gasteiger partial charge in [0.1, 0.15) is 6.20 Å². The Balaban J connectivity index is 2.43. The molecule has 0 aliphatic carbocycles. The number of carbonyl (C=O) groups is 1. The number of hydrogen-bond acceptors (Lipinski definition) is 5. The van der Waals surface area contributed by atoms with Gasteiger partial charge in [-0.05, 0) is 12.5 Å². The highest BCUT2D eigenvalue weighted by molar-refractivity contribution is 5.91. The Hall–Kier alpha value is -2.70. The first-order valence-corrected chi connectivity index (χ1v) is 5.91. The third-order valence-electron chi connectivity index (χ3n) is 2.97. The third-order valence-corrected chi connectivity index (χ3v) is 2.97. The molecule has 0 fully saturated rings. The SMILES string of the molecule is COC(=O)c1nn(C(C)c2ccccc2)cc1[N+](=O)[O-]. The fraction of sp³-hybridized carbons (Fsp3) is 0.231. The number of rotatable bonds is 4. The molecule has 7 heteroatoms. The summed E-state index contributed by atoms with van der Waals surface area (Å²) in [6.07, 6.45) is 1.24. The van der Waals surface area contributed by atoms with Crippen molar-refractivity contribution in [2.75, 3.05) is 7.11 Å². The molecule has 0 aliphatic rings.